The number of hydrogen-bond acceptors (Lipinski definition) is 3. The molecule has 1 aromatic carbocycles. The molecule has 0 saturated carbocycles. The SMILES string of the molecule is CC(O)c1ccc(N2C3CCC2CC(O)C3)cc1Cl. The zero-order valence-electron chi connectivity index (χ0n) is 11.1. The van der Waals surface area contributed by atoms with Crippen LogP contribution >= 0.6 is 11.6 Å². The van der Waals surface area contributed by atoms with Gasteiger partial charge in [-0.25, -0.2) is 0 Å². The number of hydrogen-bond donors (Lipinski definition) is 2. The molecule has 3 atom stereocenters. The minimum Gasteiger partial charge on any atom is -0.393 e. The van der Waals surface area contributed by atoms with Gasteiger partial charge in [-0.1, -0.05) is 17.7 Å². The van der Waals surface area contributed by atoms with E-state index in [1.807, 2.05) is 18.2 Å². The van der Waals surface area contributed by atoms with E-state index >= 15 is 0 Å². The van der Waals surface area contributed by atoms with Crippen molar-refractivity contribution in [1.29, 1.82) is 0 Å². The number of halogens is 1. The molecule has 0 amide bonds. The first-order valence-electron chi connectivity index (χ1n) is 7.00. The van der Waals surface area contributed by atoms with Crippen molar-refractivity contribution in [2.75, 3.05) is 4.90 Å². The summed E-state index contributed by atoms with van der Waals surface area (Å²) in [5.74, 6) is 0. The quantitative estimate of drug-likeness (QED) is 0.876. The fourth-order valence-electron chi connectivity index (χ4n) is 3.59. The Labute approximate surface area is 118 Å². The van der Waals surface area contributed by atoms with Gasteiger partial charge < -0.3 is 15.1 Å². The molecule has 0 aliphatic carbocycles. The number of benzene rings is 1. The normalized spacial score (nSPS) is 31.6. The van der Waals surface area contributed by atoms with E-state index in [1.165, 1.54) is 0 Å². The molecule has 2 N–H and O–H groups in total. The number of anilines is 1. The molecule has 2 saturated heterocycles. The molecule has 2 fully saturated rings. The topological polar surface area (TPSA) is 43.7 Å². The Kier molecular flexibility index (Phi) is 3.46. The number of aliphatic hydroxyl groups excluding tert-OH is 2. The Morgan fingerprint density at radius 2 is 1.89 bits per heavy atom. The highest BCUT2D eigenvalue weighted by atomic mass is 35.5. The van der Waals surface area contributed by atoms with Crippen LogP contribution in [0.15, 0.2) is 18.2 Å². The van der Waals surface area contributed by atoms with E-state index < -0.39 is 6.10 Å². The smallest absolute Gasteiger partial charge is 0.0776 e. The Hall–Kier alpha value is -0.770. The van der Waals surface area contributed by atoms with Crippen molar-refractivity contribution < 1.29 is 10.2 Å². The summed E-state index contributed by atoms with van der Waals surface area (Å²) in [7, 11) is 0. The predicted molar refractivity (Wildman–Crippen MR) is 76.6 cm³/mol. The van der Waals surface area contributed by atoms with Gasteiger partial charge in [0.1, 0.15) is 0 Å². The number of rotatable bonds is 2. The fourth-order valence-corrected chi connectivity index (χ4v) is 3.92. The molecular formula is C15H20ClNO2. The minimum atomic E-state index is -0.540. The lowest BCUT2D eigenvalue weighted by Gasteiger charge is -2.39. The summed E-state index contributed by atoms with van der Waals surface area (Å²) in [6.07, 6.45) is 3.32. The molecule has 2 aliphatic rings. The van der Waals surface area contributed by atoms with Crippen molar-refractivity contribution in [3.8, 4) is 0 Å². The Balaban J connectivity index is 1.89. The van der Waals surface area contributed by atoms with E-state index in [0.717, 1.165) is 36.9 Å². The Morgan fingerprint density at radius 1 is 1.26 bits per heavy atom. The van der Waals surface area contributed by atoms with Gasteiger partial charge in [-0.05, 0) is 50.3 Å². The molecule has 2 aliphatic heterocycles. The molecular weight excluding hydrogens is 262 g/mol. The van der Waals surface area contributed by atoms with Crippen molar-refractivity contribution in [3.05, 3.63) is 28.8 Å². The van der Waals surface area contributed by atoms with Crippen LogP contribution in [0.5, 0.6) is 0 Å². The first-order chi connectivity index (χ1) is 9.06. The van der Waals surface area contributed by atoms with Crippen LogP contribution in [0.25, 0.3) is 0 Å². The molecule has 4 heteroatoms. The maximum Gasteiger partial charge on any atom is 0.0776 e. The van der Waals surface area contributed by atoms with Gasteiger partial charge in [-0.2, -0.15) is 0 Å². The minimum absolute atomic E-state index is 0.152. The van der Waals surface area contributed by atoms with Crippen molar-refractivity contribution in [2.45, 2.75) is 56.9 Å². The Morgan fingerprint density at radius 3 is 2.42 bits per heavy atom. The van der Waals surface area contributed by atoms with E-state index in [2.05, 4.69) is 4.90 Å². The van der Waals surface area contributed by atoms with Gasteiger partial charge in [0.05, 0.1) is 12.2 Å². The first kappa shape index (κ1) is 13.2. The molecule has 3 nitrogen and oxygen atoms in total. The summed E-state index contributed by atoms with van der Waals surface area (Å²) in [6.45, 7) is 1.72. The summed E-state index contributed by atoms with van der Waals surface area (Å²) in [5.41, 5.74) is 1.89. The molecule has 0 spiro atoms. The summed E-state index contributed by atoms with van der Waals surface area (Å²) < 4.78 is 0. The summed E-state index contributed by atoms with van der Waals surface area (Å²) in [5, 5.41) is 20.1. The molecule has 3 unspecified atom stereocenters. The zero-order valence-corrected chi connectivity index (χ0v) is 11.8. The van der Waals surface area contributed by atoms with E-state index in [4.69, 9.17) is 11.6 Å². The van der Waals surface area contributed by atoms with Gasteiger partial charge in [0.25, 0.3) is 0 Å². The van der Waals surface area contributed by atoms with Gasteiger partial charge >= 0.3 is 0 Å². The molecule has 19 heavy (non-hydrogen) atoms. The largest absolute Gasteiger partial charge is 0.393 e. The third-order valence-corrected chi connectivity index (χ3v) is 4.77. The standard InChI is InChI=1S/C15H20ClNO2/c1-9(18)14-5-4-12(8-15(14)16)17-10-2-3-11(17)7-13(19)6-10/h4-5,8-11,13,18-19H,2-3,6-7H2,1H3. The van der Waals surface area contributed by atoms with Gasteiger partial charge in [-0.15, -0.1) is 0 Å². The van der Waals surface area contributed by atoms with E-state index in [1.54, 1.807) is 6.92 Å². The second kappa shape index (κ2) is 4.97. The maximum atomic E-state index is 9.84. The van der Waals surface area contributed by atoms with Crippen LogP contribution in [0.1, 0.15) is 44.3 Å². The van der Waals surface area contributed by atoms with Crippen molar-refractivity contribution in [3.63, 3.8) is 0 Å². The van der Waals surface area contributed by atoms with E-state index in [9.17, 15) is 10.2 Å². The van der Waals surface area contributed by atoms with Gasteiger partial charge in [0.2, 0.25) is 0 Å². The monoisotopic (exact) mass is 281 g/mol. The van der Waals surface area contributed by atoms with Crippen molar-refractivity contribution >= 4 is 17.3 Å². The highest BCUT2D eigenvalue weighted by Gasteiger charge is 2.40. The molecule has 2 bridgehead atoms. The van der Waals surface area contributed by atoms with Crippen LogP contribution in [0.4, 0.5) is 5.69 Å². The molecule has 0 radical (unpaired) electrons. The summed E-state index contributed by atoms with van der Waals surface area (Å²) >= 11 is 6.25. The van der Waals surface area contributed by atoms with Crippen molar-refractivity contribution in [1.82, 2.24) is 0 Å². The molecule has 0 aromatic heterocycles. The third kappa shape index (κ3) is 2.35. The van der Waals surface area contributed by atoms with Crippen molar-refractivity contribution in [2.24, 2.45) is 0 Å². The second-order valence-electron chi connectivity index (χ2n) is 5.80. The fraction of sp³-hybridized carbons (Fsp3) is 0.600. The van der Waals surface area contributed by atoms with Crippen LogP contribution < -0.4 is 4.90 Å². The summed E-state index contributed by atoms with van der Waals surface area (Å²) in [6, 6.07) is 6.76. The Bertz CT molecular complexity index is 463. The maximum absolute atomic E-state index is 9.84. The van der Waals surface area contributed by atoms with Crippen LogP contribution in [-0.2, 0) is 0 Å². The average Bonchev–Trinajstić information content (AvgIpc) is 2.61. The van der Waals surface area contributed by atoms with Gasteiger partial charge in [-0.3, -0.25) is 0 Å². The molecule has 2 heterocycles. The third-order valence-electron chi connectivity index (χ3n) is 4.44. The molecule has 104 valence electrons. The lowest BCUT2D eigenvalue weighted by molar-refractivity contribution is 0.126. The summed E-state index contributed by atoms with van der Waals surface area (Å²) in [4.78, 5) is 2.41. The van der Waals surface area contributed by atoms with Crippen LogP contribution in [-0.4, -0.2) is 28.4 Å². The van der Waals surface area contributed by atoms with E-state index in [-0.39, 0.29) is 6.10 Å². The second-order valence-corrected chi connectivity index (χ2v) is 6.21. The molecule has 3 rings (SSSR count). The average molecular weight is 282 g/mol. The van der Waals surface area contributed by atoms with E-state index in [0.29, 0.717) is 17.1 Å². The lowest BCUT2D eigenvalue weighted by atomic mass is 9.98. The number of piperidine rings is 1. The van der Waals surface area contributed by atoms with Crippen LogP contribution in [0, 0.1) is 0 Å². The van der Waals surface area contributed by atoms with Gasteiger partial charge in [0.15, 0.2) is 0 Å². The highest BCUT2D eigenvalue weighted by molar-refractivity contribution is 6.31. The predicted octanol–water partition coefficient (Wildman–Crippen LogP) is 2.89. The van der Waals surface area contributed by atoms with Crippen LogP contribution in [0.3, 0.4) is 0 Å². The van der Waals surface area contributed by atoms with Crippen LogP contribution in [0.2, 0.25) is 5.02 Å². The first-order valence-corrected chi connectivity index (χ1v) is 7.38. The van der Waals surface area contributed by atoms with Gasteiger partial charge in [0, 0.05) is 22.8 Å². The lowest BCUT2D eigenvalue weighted by Crippen LogP contribution is -2.44. The highest BCUT2D eigenvalue weighted by Crippen LogP contribution is 2.40. The molecule has 1 aromatic rings. The number of aliphatic hydroxyl groups is 2. The zero-order chi connectivity index (χ0) is 13.6. The number of fused-ring (bicyclic) bond motifs is 2. The number of nitrogens with zero attached hydrogens (tertiary/aromatic N) is 1.